The second kappa shape index (κ2) is 6.41. The standard InChI is InChI=1S/C18H19ClN2O/c1-13(15-6-4-7-16(19)11-15)20-18(22)12-21-10-9-14-5-2-3-8-17(14)21/h2-8,11,13H,9-10,12H2,1H3,(H,20,22)/t13-/m0/s1. The molecule has 2 aromatic rings. The first-order valence-electron chi connectivity index (χ1n) is 7.51. The van der Waals surface area contributed by atoms with E-state index in [4.69, 9.17) is 11.6 Å². The van der Waals surface area contributed by atoms with Gasteiger partial charge in [0.1, 0.15) is 0 Å². The number of rotatable bonds is 4. The maximum Gasteiger partial charge on any atom is 0.239 e. The third kappa shape index (κ3) is 3.25. The van der Waals surface area contributed by atoms with Crippen LogP contribution in [0.3, 0.4) is 0 Å². The van der Waals surface area contributed by atoms with E-state index in [0.717, 1.165) is 18.5 Å². The van der Waals surface area contributed by atoms with Crippen LogP contribution >= 0.6 is 11.6 Å². The Morgan fingerprint density at radius 1 is 1.27 bits per heavy atom. The highest BCUT2D eigenvalue weighted by molar-refractivity contribution is 6.30. The molecule has 2 aromatic carbocycles. The van der Waals surface area contributed by atoms with Gasteiger partial charge in [0.25, 0.3) is 0 Å². The minimum absolute atomic E-state index is 0.0316. The predicted octanol–water partition coefficient (Wildman–Crippen LogP) is 3.58. The van der Waals surface area contributed by atoms with Gasteiger partial charge in [0.2, 0.25) is 5.91 Å². The summed E-state index contributed by atoms with van der Waals surface area (Å²) in [5.41, 5.74) is 3.51. The molecule has 0 unspecified atom stereocenters. The summed E-state index contributed by atoms with van der Waals surface area (Å²) >= 11 is 6.00. The Hall–Kier alpha value is -2.00. The predicted molar refractivity (Wildman–Crippen MR) is 90.4 cm³/mol. The summed E-state index contributed by atoms with van der Waals surface area (Å²) in [6, 6.07) is 15.8. The van der Waals surface area contributed by atoms with Crippen LogP contribution in [0.5, 0.6) is 0 Å². The van der Waals surface area contributed by atoms with Gasteiger partial charge in [-0.15, -0.1) is 0 Å². The summed E-state index contributed by atoms with van der Waals surface area (Å²) in [5, 5.41) is 3.73. The summed E-state index contributed by atoms with van der Waals surface area (Å²) in [4.78, 5) is 14.4. The highest BCUT2D eigenvalue weighted by atomic mass is 35.5. The van der Waals surface area contributed by atoms with Gasteiger partial charge in [-0.3, -0.25) is 4.79 Å². The van der Waals surface area contributed by atoms with Gasteiger partial charge >= 0.3 is 0 Å². The Balaban J connectivity index is 1.62. The van der Waals surface area contributed by atoms with E-state index in [0.29, 0.717) is 11.6 Å². The molecule has 22 heavy (non-hydrogen) atoms. The van der Waals surface area contributed by atoms with Crippen LogP contribution in [0.15, 0.2) is 48.5 Å². The molecule has 4 heteroatoms. The number of fused-ring (bicyclic) bond motifs is 1. The Morgan fingerprint density at radius 2 is 2.09 bits per heavy atom. The van der Waals surface area contributed by atoms with E-state index in [-0.39, 0.29) is 11.9 Å². The fourth-order valence-corrected chi connectivity index (χ4v) is 3.09. The van der Waals surface area contributed by atoms with E-state index in [1.807, 2.05) is 43.3 Å². The zero-order chi connectivity index (χ0) is 15.5. The molecule has 1 aliphatic heterocycles. The number of para-hydroxylation sites is 1. The monoisotopic (exact) mass is 314 g/mol. The number of nitrogens with zero attached hydrogens (tertiary/aromatic N) is 1. The fourth-order valence-electron chi connectivity index (χ4n) is 2.89. The van der Waals surface area contributed by atoms with E-state index in [2.05, 4.69) is 22.3 Å². The Morgan fingerprint density at radius 3 is 2.91 bits per heavy atom. The Kier molecular flexibility index (Phi) is 4.34. The highest BCUT2D eigenvalue weighted by Crippen LogP contribution is 2.27. The number of carbonyl (C=O) groups excluding carboxylic acids is 1. The van der Waals surface area contributed by atoms with Crippen LogP contribution < -0.4 is 10.2 Å². The summed E-state index contributed by atoms with van der Waals surface area (Å²) in [6.07, 6.45) is 1.01. The first-order valence-corrected chi connectivity index (χ1v) is 7.89. The lowest BCUT2D eigenvalue weighted by molar-refractivity contribution is -0.120. The third-order valence-electron chi connectivity index (χ3n) is 4.04. The number of amides is 1. The van der Waals surface area contributed by atoms with Crippen molar-refractivity contribution in [2.75, 3.05) is 18.0 Å². The number of halogens is 1. The topological polar surface area (TPSA) is 32.3 Å². The zero-order valence-electron chi connectivity index (χ0n) is 12.6. The molecule has 0 aromatic heterocycles. The maximum absolute atomic E-state index is 12.3. The zero-order valence-corrected chi connectivity index (χ0v) is 13.3. The Labute approximate surface area is 135 Å². The molecule has 1 aliphatic rings. The van der Waals surface area contributed by atoms with Gasteiger partial charge in [-0.05, 0) is 42.7 Å². The number of nitrogens with one attached hydrogen (secondary N) is 1. The van der Waals surface area contributed by atoms with Crippen molar-refractivity contribution >= 4 is 23.2 Å². The first kappa shape index (κ1) is 14.9. The molecule has 3 nitrogen and oxygen atoms in total. The van der Waals surface area contributed by atoms with Crippen LogP contribution in [-0.4, -0.2) is 19.0 Å². The fraction of sp³-hybridized carbons (Fsp3) is 0.278. The van der Waals surface area contributed by atoms with Crippen LogP contribution in [0, 0.1) is 0 Å². The van der Waals surface area contributed by atoms with Crippen molar-refractivity contribution in [3.8, 4) is 0 Å². The molecule has 0 spiro atoms. The van der Waals surface area contributed by atoms with E-state index in [1.54, 1.807) is 0 Å². The van der Waals surface area contributed by atoms with Crippen LogP contribution in [0.2, 0.25) is 5.02 Å². The molecule has 0 bridgehead atoms. The van der Waals surface area contributed by atoms with Gasteiger partial charge < -0.3 is 10.2 Å². The molecule has 1 atom stereocenters. The lowest BCUT2D eigenvalue weighted by Gasteiger charge is -2.21. The third-order valence-corrected chi connectivity index (χ3v) is 4.28. The number of benzene rings is 2. The van der Waals surface area contributed by atoms with E-state index in [9.17, 15) is 4.79 Å². The molecule has 1 N–H and O–H groups in total. The summed E-state index contributed by atoms with van der Waals surface area (Å²) < 4.78 is 0. The van der Waals surface area contributed by atoms with E-state index < -0.39 is 0 Å². The quantitative estimate of drug-likeness (QED) is 0.935. The number of carbonyl (C=O) groups is 1. The lowest BCUT2D eigenvalue weighted by Crippen LogP contribution is -2.37. The van der Waals surface area contributed by atoms with E-state index >= 15 is 0 Å². The largest absolute Gasteiger partial charge is 0.362 e. The van der Waals surface area contributed by atoms with Crippen molar-refractivity contribution in [3.05, 3.63) is 64.7 Å². The van der Waals surface area contributed by atoms with Gasteiger partial charge in [0, 0.05) is 17.3 Å². The second-order valence-corrected chi connectivity index (χ2v) is 6.08. The molecule has 0 saturated heterocycles. The van der Waals surface area contributed by atoms with Crippen LogP contribution in [0.4, 0.5) is 5.69 Å². The maximum atomic E-state index is 12.3. The van der Waals surface area contributed by atoms with Crippen molar-refractivity contribution in [3.63, 3.8) is 0 Å². The smallest absolute Gasteiger partial charge is 0.239 e. The second-order valence-electron chi connectivity index (χ2n) is 5.64. The average molecular weight is 315 g/mol. The molecular weight excluding hydrogens is 296 g/mol. The molecule has 0 saturated carbocycles. The number of anilines is 1. The van der Waals surface area contributed by atoms with Crippen molar-refractivity contribution in [2.45, 2.75) is 19.4 Å². The SMILES string of the molecule is C[C@H](NC(=O)CN1CCc2ccccc21)c1cccc(Cl)c1. The van der Waals surface area contributed by atoms with Gasteiger partial charge in [-0.1, -0.05) is 41.9 Å². The molecule has 0 aliphatic carbocycles. The van der Waals surface area contributed by atoms with E-state index in [1.165, 1.54) is 11.3 Å². The minimum Gasteiger partial charge on any atom is -0.362 e. The van der Waals surface area contributed by atoms with Crippen molar-refractivity contribution in [2.24, 2.45) is 0 Å². The van der Waals surface area contributed by atoms with Gasteiger partial charge in [-0.25, -0.2) is 0 Å². The first-order chi connectivity index (χ1) is 10.6. The summed E-state index contributed by atoms with van der Waals surface area (Å²) in [6.45, 7) is 3.27. The molecule has 0 fully saturated rings. The normalized spacial score (nSPS) is 14.5. The van der Waals surface area contributed by atoms with Gasteiger partial charge in [-0.2, -0.15) is 0 Å². The molecule has 1 amide bonds. The Bertz CT molecular complexity index is 686. The van der Waals surface area contributed by atoms with Crippen molar-refractivity contribution in [1.82, 2.24) is 5.32 Å². The molecular formula is C18H19ClN2O. The number of hydrogen-bond donors (Lipinski definition) is 1. The summed E-state index contributed by atoms with van der Waals surface area (Å²) in [5.74, 6) is 0.0316. The minimum atomic E-state index is -0.0518. The van der Waals surface area contributed by atoms with Crippen molar-refractivity contribution < 1.29 is 4.79 Å². The highest BCUT2D eigenvalue weighted by Gasteiger charge is 2.21. The van der Waals surface area contributed by atoms with Crippen molar-refractivity contribution in [1.29, 1.82) is 0 Å². The lowest BCUT2D eigenvalue weighted by atomic mass is 10.1. The van der Waals surface area contributed by atoms with Gasteiger partial charge in [0.15, 0.2) is 0 Å². The van der Waals surface area contributed by atoms with Crippen LogP contribution in [0.1, 0.15) is 24.1 Å². The summed E-state index contributed by atoms with van der Waals surface area (Å²) in [7, 11) is 0. The molecule has 3 rings (SSSR count). The molecule has 114 valence electrons. The average Bonchev–Trinajstić information content (AvgIpc) is 2.90. The van der Waals surface area contributed by atoms with Crippen LogP contribution in [-0.2, 0) is 11.2 Å². The molecule has 1 heterocycles. The number of hydrogen-bond acceptors (Lipinski definition) is 2. The molecule has 0 radical (unpaired) electrons. The van der Waals surface area contributed by atoms with Crippen LogP contribution in [0.25, 0.3) is 0 Å². The van der Waals surface area contributed by atoms with Gasteiger partial charge in [0.05, 0.1) is 12.6 Å².